The van der Waals surface area contributed by atoms with Crippen LogP contribution in [0, 0.1) is 0 Å². The van der Waals surface area contributed by atoms with Crippen molar-refractivity contribution in [2.75, 3.05) is 12.3 Å². The molecule has 5 rings (SSSR count). The molecule has 4 aromatic rings. The number of aryl methyl sites for hydroxylation is 2. The van der Waals surface area contributed by atoms with Gasteiger partial charge in [-0.3, -0.25) is 9.59 Å². The Morgan fingerprint density at radius 3 is 2.88 bits per heavy atom. The Bertz CT molecular complexity index is 1330. The molecule has 3 aromatic heterocycles. The fraction of sp³-hybridized carbons (Fsp3) is 0.360. The van der Waals surface area contributed by atoms with E-state index in [0.29, 0.717) is 30.3 Å². The van der Waals surface area contributed by atoms with E-state index in [4.69, 9.17) is 4.98 Å². The first-order valence-corrected chi connectivity index (χ1v) is 13.6. The van der Waals surface area contributed by atoms with Crippen LogP contribution in [0.3, 0.4) is 0 Å². The van der Waals surface area contributed by atoms with Crippen LogP contribution in [-0.4, -0.2) is 38.0 Å². The first-order valence-electron chi connectivity index (χ1n) is 11.6. The van der Waals surface area contributed by atoms with Crippen LogP contribution < -0.4 is 10.9 Å². The summed E-state index contributed by atoms with van der Waals surface area (Å²) in [5.74, 6) is 2.03. The molecule has 2 N–H and O–H groups in total. The molecule has 0 saturated heterocycles. The molecule has 0 aliphatic heterocycles. The van der Waals surface area contributed by atoms with Gasteiger partial charge in [0.05, 0.1) is 16.8 Å². The summed E-state index contributed by atoms with van der Waals surface area (Å²) in [4.78, 5) is 34.7. The van der Waals surface area contributed by atoms with Crippen LogP contribution in [0.15, 0.2) is 47.5 Å². The lowest BCUT2D eigenvalue weighted by Crippen LogP contribution is -2.25. The largest absolute Gasteiger partial charge is 0.356 e. The maximum Gasteiger partial charge on any atom is 0.259 e. The average Bonchev–Trinajstić information content (AvgIpc) is 3.50. The van der Waals surface area contributed by atoms with Gasteiger partial charge in [0.2, 0.25) is 5.91 Å². The Morgan fingerprint density at radius 1 is 1.21 bits per heavy atom. The number of thiophene rings is 1. The second kappa shape index (κ2) is 10.6. The van der Waals surface area contributed by atoms with Gasteiger partial charge in [-0.1, -0.05) is 12.1 Å². The van der Waals surface area contributed by atoms with Crippen molar-refractivity contribution in [1.82, 2.24) is 25.1 Å². The molecule has 176 valence electrons. The summed E-state index contributed by atoms with van der Waals surface area (Å²) in [7, 11) is 0. The summed E-state index contributed by atoms with van der Waals surface area (Å²) >= 11 is 3.29. The number of amides is 1. The minimum absolute atomic E-state index is 0.0181. The molecule has 1 aromatic carbocycles. The minimum atomic E-state index is -0.0181. The van der Waals surface area contributed by atoms with Gasteiger partial charge in [-0.05, 0) is 61.4 Å². The highest BCUT2D eigenvalue weighted by atomic mass is 32.2. The van der Waals surface area contributed by atoms with Crippen LogP contribution in [0.25, 0.3) is 15.9 Å². The molecule has 7 nitrogen and oxygen atoms in total. The van der Waals surface area contributed by atoms with Gasteiger partial charge < -0.3 is 10.3 Å². The molecule has 0 bridgehead atoms. The van der Waals surface area contributed by atoms with Crippen LogP contribution in [0.4, 0.5) is 0 Å². The van der Waals surface area contributed by atoms with Crippen LogP contribution in [0.5, 0.6) is 0 Å². The molecule has 3 heterocycles. The molecule has 0 saturated carbocycles. The first kappa shape index (κ1) is 22.9. The third kappa shape index (κ3) is 5.26. The maximum atomic E-state index is 12.6. The zero-order valence-corrected chi connectivity index (χ0v) is 20.5. The third-order valence-corrected chi connectivity index (χ3v) is 8.18. The molecular formula is C25H27N5O2S2. The number of thioether (sulfide) groups is 1. The van der Waals surface area contributed by atoms with Gasteiger partial charge in [-0.2, -0.15) is 16.9 Å². The highest BCUT2D eigenvalue weighted by Crippen LogP contribution is 2.33. The molecular weight excluding hydrogens is 466 g/mol. The van der Waals surface area contributed by atoms with E-state index < -0.39 is 0 Å². The Hall–Kier alpha value is -2.91. The monoisotopic (exact) mass is 493 g/mol. The van der Waals surface area contributed by atoms with Crippen molar-refractivity contribution in [3.8, 4) is 5.69 Å². The van der Waals surface area contributed by atoms with Gasteiger partial charge in [-0.25, -0.2) is 9.67 Å². The second-order valence-electron chi connectivity index (χ2n) is 8.42. The number of hydrogen-bond acceptors (Lipinski definition) is 6. The number of fused-ring (bicyclic) bond motifs is 3. The van der Waals surface area contributed by atoms with Crippen molar-refractivity contribution in [1.29, 1.82) is 0 Å². The molecule has 1 amide bonds. The van der Waals surface area contributed by atoms with Gasteiger partial charge in [-0.15, -0.1) is 11.3 Å². The van der Waals surface area contributed by atoms with Crippen molar-refractivity contribution in [3.63, 3.8) is 0 Å². The predicted octanol–water partition coefficient (Wildman–Crippen LogP) is 4.03. The lowest BCUT2D eigenvalue weighted by molar-refractivity contribution is -0.120. The fourth-order valence-electron chi connectivity index (χ4n) is 4.28. The van der Waals surface area contributed by atoms with E-state index in [9.17, 15) is 9.59 Å². The van der Waals surface area contributed by atoms with Crippen molar-refractivity contribution in [2.45, 2.75) is 44.3 Å². The number of carbonyl (C=O) groups excluding carboxylic acids is 1. The zero-order chi connectivity index (χ0) is 23.3. The summed E-state index contributed by atoms with van der Waals surface area (Å²) in [6.07, 6.45) is 9.29. The maximum absolute atomic E-state index is 12.6. The molecule has 0 fully saturated rings. The van der Waals surface area contributed by atoms with Crippen molar-refractivity contribution in [3.05, 3.63) is 74.9 Å². The number of nitrogens with one attached hydrogen (secondary N) is 2. The fourth-order valence-corrected chi connectivity index (χ4v) is 6.37. The number of carbonyl (C=O) groups is 1. The lowest BCUT2D eigenvalue weighted by Gasteiger charge is -2.09. The first-order chi connectivity index (χ1) is 16.7. The van der Waals surface area contributed by atoms with E-state index in [1.165, 1.54) is 22.4 Å². The summed E-state index contributed by atoms with van der Waals surface area (Å²) in [5, 5.41) is 8.01. The Kier molecular flexibility index (Phi) is 7.10. The van der Waals surface area contributed by atoms with Gasteiger partial charge in [0.15, 0.2) is 0 Å². The smallest absolute Gasteiger partial charge is 0.259 e. The molecule has 0 atom stereocenters. The highest BCUT2D eigenvalue weighted by molar-refractivity contribution is 7.98. The standard InChI is InChI=1S/C25H27N5O2S2/c31-22(26-13-10-17-6-8-18(9-7-17)30-14-3-12-27-30)11-15-33-16-21-28-24(32)23-19-4-1-2-5-20(19)34-25(23)29-21/h3,6-9,12,14H,1-2,4-5,10-11,13,15-16H2,(H,26,31)(H,28,29,32). The van der Waals surface area contributed by atoms with Crippen LogP contribution in [-0.2, 0) is 29.8 Å². The van der Waals surface area contributed by atoms with Gasteiger partial charge in [0, 0.05) is 36.0 Å². The molecule has 9 heteroatoms. The number of nitrogens with zero attached hydrogens (tertiary/aromatic N) is 3. The van der Waals surface area contributed by atoms with Crippen molar-refractivity contribution >= 4 is 39.2 Å². The van der Waals surface area contributed by atoms with E-state index >= 15 is 0 Å². The molecule has 0 unspecified atom stereocenters. The average molecular weight is 494 g/mol. The normalized spacial score (nSPS) is 13.2. The van der Waals surface area contributed by atoms with Gasteiger partial charge >= 0.3 is 0 Å². The minimum Gasteiger partial charge on any atom is -0.356 e. The van der Waals surface area contributed by atoms with Gasteiger partial charge in [0.1, 0.15) is 10.7 Å². The number of aromatic nitrogens is 4. The second-order valence-corrected chi connectivity index (χ2v) is 10.6. The topological polar surface area (TPSA) is 92.7 Å². The summed E-state index contributed by atoms with van der Waals surface area (Å²) in [6, 6.07) is 10.1. The van der Waals surface area contributed by atoms with E-state index in [-0.39, 0.29) is 11.5 Å². The molecule has 0 radical (unpaired) electrons. The van der Waals surface area contributed by atoms with Crippen molar-refractivity contribution in [2.24, 2.45) is 0 Å². The van der Waals surface area contributed by atoms with Gasteiger partial charge in [0.25, 0.3) is 5.56 Å². The summed E-state index contributed by atoms with van der Waals surface area (Å²) in [6.45, 7) is 0.610. The lowest BCUT2D eigenvalue weighted by atomic mass is 9.97. The highest BCUT2D eigenvalue weighted by Gasteiger charge is 2.19. The predicted molar refractivity (Wildman–Crippen MR) is 138 cm³/mol. The Labute approximate surface area is 206 Å². The Balaban J connectivity index is 1.04. The Morgan fingerprint density at radius 2 is 2.06 bits per heavy atom. The van der Waals surface area contributed by atoms with E-state index in [1.54, 1.807) is 29.3 Å². The summed E-state index contributed by atoms with van der Waals surface area (Å²) in [5.41, 5.74) is 3.38. The SMILES string of the molecule is O=C(CCSCc1nc2sc3c(c2c(=O)[nH]1)CCCC3)NCCc1ccc(-n2cccn2)cc1. The molecule has 1 aliphatic carbocycles. The number of benzene rings is 1. The number of aromatic amines is 1. The third-order valence-electron chi connectivity index (χ3n) is 6.03. The van der Waals surface area contributed by atoms with E-state index in [0.717, 1.165) is 41.6 Å². The number of rotatable bonds is 9. The van der Waals surface area contributed by atoms with Crippen LogP contribution >= 0.6 is 23.1 Å². The molecule has 34 heavy (non-hydrogen) atoms. The van der Waals surface area contributed by atoms with Crippen LogP contribution in [0.1, 0.15) is 41.1 Å². The quantitative estimate of drug-likeness (QED) is 0.344. The molecule has 1 aliphatic rings. The summed E-state index contributed by atoms with van der Waals surface area (Å²) < 4.78 is 1.82. The van der Waals surface area contributed by atoms with E-state index in [1.807, 2.05) is 29.1 Å². The number of H-pyrrole nitrogens is 1. The van der Waals surface area contributed by atoms with Crippen LogP contribution in [0.2, 0.25) is 0 Å². The molecule has 0 spiro atoms. The van der Waals surface area contributed by atoms with E-state index in [2.05, 4.69) is 27.5 Å². The van der Waals surface area contributed by atoms with Crippen molar-refractivity contribution < 1.29 is 4.79 Å². The number of hydrogen-bond donors (Lipinski definition) is 2. The zero-order valence-electron chi connectivity index (χ0n) is 18.9.